The van der Waals surface area contributed by atoms with Crippen LogP contribution in [0, 0.1) is 0 Å². The summed E-state index contributed by atoms with van der Waals surface area (Å²) in [5.74, 6) is 0. The molecule has 2 aromatic rings. The SMILES string of the molecule is CCCn1c(Sc2cc(Br)ccc2CO)n[nH]c1=O. The molecule has 0 amide bonds. The summed E-state index contributed by atoms with van der Waals surface area (Å²) < 4.78 is 2.53. The molecule has 0 saturated heterocycles. The summed E-state index contributed by atoms with van der Waals surface area (Å²) in [5, 5.41) is 16.4. The van der Waals surface area contributed by atoms with E-state index in [1.807, 2.05) is 25.1 Å². The van der Waals surface area contributed by atoms with E-state index in [-0.39, 0.29) is 12.3 Å². The molecule has 5 nitrogen and oxygen atoms in total. The van der Waals surface area contributed by atoms with Gasteiger partial charge in [-0.3, -0.25) is 4.57 Å². The summed E-state index contributed by atoms with van der Waals surface area (Å²) in [7, 11) is 0. The first-order chi connectivity index (χ1) is 9.15. The second-order valence-corrected chi connectivity index (χ2v) is 5.90. The maximum atomic E-state index is 11.6. The average Bonchev–Trinajstić information content (AvgIpc) is 2.72. The van der Waals surface area contributed by atoms with Crippen LogP contribution >= 0.6 is 27.7 Å². The largest absolute Gasteiger partial charge is 0.392 e. The minimum absolute atomic E-state index is 0.0436. The molecule has 0 fully saturated rings. The quantitative estimate of drug-likeness (QED) is 0.874. The van der Waals surface area contributed by atoms with Gasteiger partial charge in [-0.25, -0.2) is 9.89 Å². The highest BCUT2D eigenvalue weighted by molar-refractivity contribution is 9.10. The molecule has 19 heavy (non-hydrogen) atoms. The Hall–Kier alpha value is -1.05. The lowest BCUT2D eigenvalue weighted by molar-refractivity contribution is 0.279. The van der Waals surface area contributed by atoms with Crippen molar-refractivity contribution in [1.82, 2.24) is 14.8 Å². The van der Waals surface area contributed by atoms with E-state index >= 15 is 0 Å². The molecule has 0 unspecified atom stereocenters. The molecule has 0 radical (unpaired) electrons. The molecule has 0 bridgehead atoms. The summed E-state index contributed by atoms with van der Waals surface area (Å²) in [6, 6.07) is 5.63. The fourth-order valence-corrected chi connectivity index (χ4v) is 3.19. The van der Waals surface area contributed by atoms with Crippen LogP contribution in [0.2, 0.25) is 0 Å². The Morgan fingerprint density at radius 2 is 2.32 bits per heavy atom. The molecule has 0 saturated carbocycles. The Morgan fingerprint density at radius 3 is 3.00 bits per heavy atom. The van der Waals surface area contributed by atoms with Crippen molar-refractivity contribution >= 4 is 27.7 Å². The molecular formula is C12H14BrN3O2S. The number of aromatic nitrogens is 3. The molecule has 1 aromatic carbocycles. The predicted molar refractivity (Wildman–Crippen MR) is 77.3 cm³/mol. The van der Waals surface area contributed by atoms with Gasteiger partial charge in [-0.1, -0.05) is 28.9 Å². The Labute approximate surface area is 123 Å². The maximum absolute atomic E-state index is 11.6. The lowest BCUT2D eigenvalue weighted by Crippen LogP contribution is -2.17. The molecule has 2 N–H and O–H groups in total. The molecule has 0 aliphatic heterocycles. The monoisotopic (exact) mass is 343 g/mol. The predicted octanol–water partition coefficient (Wildman–Crippen LogP) is 2.39. The number of aromatic amines is 1. The van der Waals surface area contributed by atoms with E-state index < -0.39 is 0 Å². The van der Waals surface area contributed by atoms with Gasteiger partial charge < -0.3 is 5.11 Å². The second kappa shape index (κ2) is 6.40. The molecule has 102 valence electrons. The van der Waals surface area contributed by atoms with Gasteiger partial charge in [0.25, 0.3) is 0 Å². The lowest BCUT2D eigenvalue weighted by atomic mass is 10.2. The summed E-state index contributed by atoms with van der Waals surface area (Å²) in [4.78, 5) is 12.5. The fraction of sp³-hybridized carbons (Fsp3) is 0.333. The van der Waals surface area contributed by atoms with E-state index in [0.29, 0.717) is 11.7 Å². The molecule has 2 rings (SSSR count). The van der Waals surface area contributed by atoms with Crippen molar-refractivity contribution in [2.24, 2.45) is 0 Å². The fourth-order valence-electron chi connectivity index (χ4n) is 1.65. The number of H-pyrrole nitrogens is 1. The lowest BCUT2D eigenvalue weighted by Gasteiger charge is -2.08. The molecule has 0 aliphatic rings. The van der Waals surface area contributed by atoms with Crippen LogP contribution in [0.3, 0.4) is 0 Å². The van der Waals surface area contributed by atoms with E-state index in [0.717, 1.165) is 21.4 Å². The van der Waals surface area contributed by atoms with E-state index in [1.54, 1.807) is 4.57 Å². The first kappa shape index (κ1) is 14.4. The van der Waals surface area contributed by atoms with Crippen molar-refractivity contribution in [3.8, 4) is 0 Å². The first-order valence-electron chi connectivity index (χ1n) is 5.88. The first-order valence-corrected chi connectivity index (χ1v) is 7.49. The summed E-state index contributed by atoms with van der Waals surface area (Å²) in [6.45, 7) is 2.59. The zero-order valence-corrected chi connectivity index (χ0v) is 12.8. The molecule has 1 aromatic heterocycles. The molecule has 0 atom stereocenters. The van der Waals surface area contributed by atoms with Crippen LogP contribution < -0.4 is 5.69 Å². The van der Waals surface area contributed by atoms with Crippen molar-refractivity contribution in [3.63, 3.8) is 0 Å². The van der Waals surface area contributed by atoms with Crippen LogP contribution in [-0.2, 0) is 13.2 Å². The smallest absolute Gasteiger partial charge is 0.343 e. The zero-order chi connectivity index (χ0) is 13.8. The Bertz CT molecular complexity index is 624. The summed E-state index contributed by atoms with van der Waals surface area (Å²) in [5.41, 5.74) is 0.608. The van der Waals surface area contributed by atoms with Gasteiger partial charge in [0.2, 0.25) is 0 Å². The molecule has 0 aliphatic carbocycles. The Kier molecular flexibility index (Phi) is 4.84. The Balaban J connectivity index is 2.35. The van der Waals surface area contributed by atoms with Crippen LogP contribution in [0.4, 0.5) is 0 Å². The molecule has 1 heterocycles. The number of hydrogen-bond donors (Lipinski definition) is 2. The van der Waals surface area contributed by atoms with Crippen molar-refractivity contribution in [2.75, 3.05) is 0 Å². The van der Waals surface area contributed by atoms with E-state index in [2.05, 4.69) is 26.1 Å². The average molecular weight is 344 g/mol. The minimum Gasteiger partial charge on any atom is -0.392 e. The molecular weight excluding hydrogens is 330 g/mol. The maximum Gasteiger partial charge on any atom is 0.343 e. The van der Waals surface area contributed by atoms with Gasteiger partial charge in [-0.05, 0) is 35.9 Å². The third kappa shape index (κ3) is 3.29. The van der Waals surface area contributed by atoms with Crippen LogP contribution in [0.15, 0.2) is 37.5 Å². The third-order valence-electron chi connectivity index (χ3n) is 2.57. The number of aliphatic hydroxyl groups is 1. The third-order valence-corrected chi connectivity index (χ3v) is 4.16. The number of halogens is 1. The standard InChI is InChI=1S/C12H14BrN3O2S/c1-2-5-16-11(18)14-15-12(16)19-10-6-9(13)4-3-8(10)7-17/h3-4,6,17H,2,5,7H2,1H3,(H,14,18). The number of aliphatic hydroxyl groups excluding tert-OH is 1. The molecule has 7 heteroatoms. The zero-order valence-electron chi connectivity index (χ0n) is 10.4. The second-order valence-electron chi connectivity index (χ2n) is 3.98. The van der Waals surface area contributed by atoms with Gasteiger partial charge in [-0.15, -0.1) is 5.10 Å². The van der Waals surface area contributed by atoms with E-state index in [9.17, 15) is 9.90 Å². The number of benzene rings is 1. The summed E-state index contributed by atoms with van der Waals surface area (Å²) >= 11 is 4.77. The highest BCUT2D eigenvalue weighted by Crippen LogP contribution is 2.31. The van der Waals surface area contributed by atoms with Gasteiger partial charge in [-0.2, -0.15) is 0 Å². The normalized spacial score (nSPS) is 10.9. The van der Waals surface area contributed by atoms with Gasteiger partial charge >= 0.3 is 5.69 Å². The number of nitrogens with one attached hydrogen (secondary N) is 1. The van der Waals surface area contributed by atoms with Crippen molar-refractivity contribution in [1.29, 1.82) is 0 Å². The Morgan fingerprint density at radius 1 is 1.53 bits per heavy atom. The van der Waals surface area contributed by atoms with Crippen LogP contribution in [0.25, 0.3) is 0 Å². The van der Waals surface area contributed by atoms with Gasteiger partial charge in [0.05, 0.1) is 6.61 Å². The van der Waals surface area contributed by atoms with Gasteiger partial charge in [0.15, 0.2) is 5.16 Å². The molecule has 0 spiro atoms. The highest BCUT2D eigenvalue weighted by atomic mass is 79.9. The van der Waals surface area contributed by atoms with Crippen LogP contribution in [-0.4, -0.2) is 19.9 Å². The van der Waals surface area contributed by atoms with Crippen LogP contribution in [0.5, 0.6) is 0 Å². The van der Waals surface area contributed by atoms with E-state index in [1.165, 1.54) is 11.8 Å². The van der Waals surface area contributed by atoms with Crippen LogP contribution in [0.1, 0.15) is 18.9 Å². The highest BCUT2D eigenvalue weighted by Gasteiger charge is 2.12. The number of rotatable bonds is 5. The number of nitrogens with zero attached hydrogens (tertiary/aromatic N) is 2. The van der Waals surface area contributed by atoms with Gasteiger partial charge in [0, 0.05) is 15.9 Å². The topological polar surface area (TPSA) is 70.9 Å². The van der Waals surface area contributed by atoms with Crippen molar-refractivity contribution in [2.45, 2.75) is 36.5 Å². The summed E-state index contributed by atoms with van der Waals surface area (Å²) in [6.07, 6.45) is 0.859. The minimum atomic E-state index is -0.204. The van der Waals surface area contributed by atoms with Gasteiger partial charge in [0.1, 0.15) is 0 Å². The van der Waals surface area contributed by atoms with Crippen molar-refractivity contribution in [3.05, 3.63) is 38.7 Å². The van der Waals surface area contributed by atoms with Crippen molar-refractivity contribution < 1.29 is 5.11 Å². The van der Waals surface area contributed by atoms with E-state index in [4.69, 9.17) is 0 Å². The number of hydrogen-bond acceptors (Lipinski definition) is 4.